The van der Waals surface area contributed by atoms with Gasteiger partial charge in [0.25, 0.3) is 0 Å². The highest BCUT2D eigenvalue weighted by atomic mass is 15.3. The van der Waals surface area contributed by atoms with E-state index in [0.29, 0.717) is 12.5 Å². The van der Waals surface area contributed by atoms with Gasteiger partial charge >= 0.3 is 0 Å². The Morgan fingerprint density at radius 2 is 2.04 bits per heavy atom. The van der Waals surface area contributed by atoms with Crippen LogP contribution in [-0.4, -0.2) is 36.1 Å². The van der Waals surface area contributed by atoms with E-state index in [2.05, 4.69) is 44.5 Å². The van der Waals surface area contributed by atoms with E-state index in [0.717, 1.165) is 23.5 Å². The van der Waals surface area contributed by atoms with Gasteiger partial charge in [0.1, 0.15) is 0 Å². The van der Waals surface area contributed by atoms with Crippen molar-refractivity contribution in [3.63, 3.8) is 0 Å². The maximum Gasteiger partial charge on any atom is 0.223 e. The van der Waals surface area contributed by atoms with Gasteiger partial charge in [0, 0.05) is 36.9 Å². The van der Waals surface area contributed by atoms with Gasteiger partial charge < -0.3 is 5.32 Å². The van der Waals surface area contributed by atoms with E-state index >= 15 is 0 Å². The zero-order valence-corrected chi connectivity index (χ0v) is 14.4. The Morgan fingerprint density at radius 1 is 1.08 bits per heavy atom. The van der Waals surface area contributed by atoms with Gasteiger partial charge in [0.2, 0.25) is 5.95 Å². The van der Waals surface area contributed by atoms with Crippen molar-refractivity contribution in [2.75, 3.05) is 11.9 Å². The number of nitrogens with one attached hydrogen (secondary N) is 1. The molecule has 0 fully saturated rings. The Hall–Kier alpha value is -3.48. The summed E-state index contributed by atoms with van der Waals surface area (Å²) in [6, 6.07) is 12.0. The Kier molecular flexibility index (Phi) is 4.42. The molecule has 0 bridgehead atoms. The summed E-state index contributed by atoms with van der Waals surface area (Å²) >= 11 is 0. The number of hydrogen-bond acceptors (Lipinski definition) is 5. The first-order valence-electron chi connectivity index (χ1n) is 8.44. The fourth-order valence-corrected chi connectivity index (χ4v) is 2.69. The molecule has 3 aromatic heterocycles. The van der Waals surface area contributed by atoms with Crippen molar-refractivity contribution in [2.24, 2.45) is 0 Å². The molecule has 7 heteroatoms. The lowest BCUT2D eigenvalue weighted by atomic mass is 10.2. The normalized spacial score (nSPS) is 10.8. The molecular weight excluding hydrogens is 326 g/mol. The molecule has 1 N–H and O–H groups in total. The number of hydrogen-bond donors (Lipinski definition) is 1. The van der Waals surface area contributed by atoms with Gasteiger partial charge in [0.05, 0.1) is 24.1 Å². The predicted octanol–water partition coefficient (Wildman–Crippen LogP) is 2.95. The van der Waals surface area contributed by atoms with Gasteiger partial charge in [-0.2, -0.15) is 10.2 Å². The molecule has 0 aliphatic heterocycles. The van der Waals surface area contributed by atoms with Gasteiger partial charge in [-0.15, -0.1) is 0 Å². The van der Waals surface area contributed by atoms with Gasteiger partial charge in [-0.1, -0.05) is 12.1 Å². The summed E-state index contributed by atoms with van der Waals surface area (Å²) in [5.41, 5.74) is 4.01. The molecule has 0 atom stereocenters. The molecule has 26 heavy (non-hydrogen) atoms. The molecule has 0 saturated carbocycles. The highest BCUT2D eigenvalue weighted by Crippen LogP contribution is 2.19. The summed E-state index contributed by atoms with van der Waals surface area (Å²) in [6.45, 7) is 3.53. The van der Waals surface area contributed by atoms with E-state index in [1.807, 2.05) is 52.2 Å². The third kappa shape index (κ3) is 3.61. The lowest BCUT2D eigenvalue weighted by molar-refractivity contribution is 0.636. The van der Waals surface area contributed by atoms with Crippen LogP contribution in [0.5, 0.6) is 0 Å². The molecule has 130 valence electrons. The zero-order valence-electron chi connectivity index (χ0n) is 14.4. The van der Waals surface area contributed by atoms with Crippen LogP contribution in [0.15, 0.2) is 67.4 Å². The van der Waals surface area contributed by atoms with E-state index in [9.17, 15) is 0 Å². The first-order valence-corrected chi connectivity index (χ1v) is 8.44. The predicted molar refractivity (Wildman–Crippen MR) is 100 cm³/mol. The van der Waals surface area contributed by atoms with Crippen LogP contribution in [-0.2, 0) is 6.54 Å². The SMILES string of the molecule is Cc1cccc(-n2cc(-c3ccnc(NCCn4cccn4)n3)cn2)c1. The van der Waals surface area contributed by atoms with Crippen molar-refractivity contribution >= 4 is 5.95 Å². The van der Waals surface area contributed by atoms with Crippen LogP contribution in [0.25, 0.3) is 16.9 Å². The lowest BCUT2D eigenvalue weighted by Gasteiger charge is -2.06. The molecule has 0 aliphatic rings. The summed E-state index contributed by atoms with van der Waals surface area (Å²) in [7, 11) is 0. The van der Waals surface area contributed by atoms with E-state index in [4.69, 9.17) is 0 Å². The van der Waals surface area contributed by atoms with E-state index < -0.39 is 0 Å². The van der Waals surface area contributed by atoms with Crippen LogP contribution >= 0.6 is 0 Å². The standard InChI is InChI=1S/C19H19N7/c1-15-4-2-5-17(12-15)26-14-16(13-23-26)18-6-8-20-19(24-18)21-9-11-25-10-3-7-22-25/h2-8,10,12-14H,9,11H2,1H3,(H,20,21,24). The number of anilines is 1. The minimum absolute atomic E-state index is 0.595. The maximum absolute atomic E-state index is 4.58. The van der Waals surface area contributed by atoms with Crippen molar-refractivity contribution in [1.82, 2.24) is 29.5 Å². The second-order valence-electron chi connectivity index (χ2n) is 5.97. The van der Waals surface area contributed by atoms with E-state index in [1.165, 1.54) is 5.56 Å². The minimum Gasteiger partial charge on any atom is -0.352 e. The Morgan fingerprint density at radius 3 is 2.88 bits per heavy atom. The molecule has 0 amide bonds. The third-order valence-corrected chi connectivity index (χ3v) is 3.98. The van der Waals surface area contributed by atoms with Crippen LogP contribution < -0.4 is 5.32 Å². The van der Waals surface area contributed by atoms with Crippen molar-refractivity contribution in [3.8, 4) is 16.9 Å². The van der Waals surface area contributed by atoms with E-state index in [-0.39, 0.29) is 0 Å². The molecule has 3 heterocycles. The highest BCUT2D eigenvalue weighted by Gasteiger charge is 2.06. The van der Waals surface area contributed by atoms with Gasteiger partial charge in [0.15, 0.2) is 0 Å². The van der Waals surface area contributed by atoms with Crippen LogP contribution in [0.1, 0.15) is 5.56 Å². The lowest BCUT2D eigenvalue weighted by Crippen LogP contribution is -2.12. The number of rotatable bonds is 6. The van der Waals surface area contributed by atoms with Crippen molar-refractivity contribution in [3.05, 3.63) is 72.9 Å². The average molecular weight is 345 g/mol. The molecule has 0 unspecified atom stereocenters. The van der Waals surface area contributed by atoms with Gasteiger partial charge in [-0.05, 0) is 36.8 Å². The molecule has 0 spiro atoms. The number of benzene rings is 1. The van der Waals surface area contributed by atoms with Crippen LogP contribution in [0.2, 0.25) is 0 Å². The topological polar surface area (TPSA) is 73.5 Å². The molecular formula is C19H19N7. The first kappa shape index (κ1) is 16.0. The quantitative estimate of drug-likeness (QED) is 0.582. The molecule has 0 aliphatic carbocycles. The average Bonchev–Trinajstić information content (AvgIpc) is 3.34. The van der Waals surface area contributed by atoms with Crippen LogP contribution in [0, 0.1) is 6.92 Å². The van der Waals surface area contributed by atoms with Crippen molar-refractivity contribution < 1.29 is 0 Å². The van der Waals surface area contributed by atoms with E-state index in [1.54, 1.807) is 12.4 Å². The molecule has 0 radical (unpaired) electrons. The summed E-state index contributed by atoms with van der Waals surface area (Å²) in [6.07, 6.45) is 9.24. The number of aryl methyl sites for hydroxylation is 1. The van der Waals surface area contributed by atoms with Gasteiger partial charge in [-0.3, -0.25) is 4.68 Å². The zero-order chi connectivity index (χ0) is 17.8. The first-order chi connectivity index (χ1) is 12.8. The van der Waals surface area contributed by atoms with Crippen molar-refractivity contribution in [1.29, 1.82) is 0 Å². The van der Waals surface area contributed by atoms with Crippen LogP contribution in [0.4, 0.5) is 5.95 Å². The number of nitrogens with zero attached hydrogens (tertiary/aromatic N) is 6. The minimum atomic E-state index is 0.595. The largest absolute Gasteiger partial charge is 0.352 e. The fourth-order valence-electron chi connectivity index (χ4n) is 2.69. The third-order valence-electron chi connectivity index (χ3n) is 3.98. The fraction of sp³-hybridized carbons (Fsp3) is 0.158. The molecule has 4 rings (SSSR count). The summed E-state index contributed by atoms with van der Waals surface area (Å²) < 4.78 is 3.72. The monoisotopic (exact) mass is 345 g/mol. The van der Waals surface area contributed by atoms with Gasteiger partial charge in [-0.25, -0.2) is 14.6 Å². The Labute approximate surface area is 151 Å². The Balaban J connectivity index is 1.48. The highest BCUT2D eigenvalue weighted by molar-refractivity contribution is 5.58. The molecule has 4 aromatic rings. The molecule has 1 aromatic carbocycles. The summed E-state index contributed by atoms with van der Waals surface area (Å²) in [5, 5.41) is 11.9. The second kappa shape index (κ2) is 7.18. The summed E-state index contributed by atoms with van der Waals surface area (Å²) in [4.78, 5) is 8.86. The van der Waals surface area contributed by atoms with Crippen LogP contribution in [0.3, 0.4) is 0 Å². The maximum atomic E-state index is 4.58. The smallest absolute Gasteiger partial charge is 0.223 e. The summed E-state index contributed by atoms with van der Waals surface area (Å²) in [5.74, 6) is 0.595. The second-order valence-corrected chi connectivity index (χ2v) is 5.97. The Bertz CT molecular complexity index is 989. The molecule has 0 saturated heterocycles. The molecule has 7 nitrogen and oxygen atoms in total. The number of aromatic nitrogens is 6. The van der Waals surface area contributed by atoms with Crippen molar-refractivity contribution in [2.45, 2.75) is 13.5 Å².